The molecule has 4 amide bonds. The molecule has 6 N–H and O–H groups in total. The molecule has 0 saturated carbocycles. The van der Waals surface area contributed by atoms with E-state index in [0.29, 0.717) is 11.3 Å². The van der Waals surface area contributed by atoms with E-state index in [1.54, 1.807) is 56.3 Å². The SMILES string of the molecule is CC(=O)N[C@@H](Cc1ccc(O)cc1)C(=O)N[C@H](C(=O)N[C@@H](C)C(=O)N[C@@H](CC(=O)O)C(=O)COc1ccccc1)C(C)C. The number of ether oxygens (including phenoxy) is 1. The third-order valence-corrected chi connectivity index (χ3v) is 6.28. The summed E-state index contributed by atoms with van der Waals surface area (Å²) in [6, 6.07) is 9.72. The number of carboxylic acid groups (broad SMARTS) is 1. The molecule has 0 aliphatic carbocycles. The van der Waals surface area contributed by atoms with Gasteiger partial charge in [-0.2, -0.15) is 0 Å². The highest BCUT2D eigenvalue weighted by molar-refractivity contribution is 5.96. The zero-order valence-electron chi connectivity index (χ0n) is 24.5. The van der Waals surface area contributed by atoms with Gasteiger partial charge in [0.2, 0.25) is 23.6 Å². The van der Waals surface area contributed by atoms with Gasteiger partial charge in [-0.15, -0.1) is 0 Å². The van der Waals surface area contributed by atoms with E-state index in [9.17, 15) is 39.0 Å². The molecule has 0 aliphatic heterocycles. The Balaban J connectivity index is 2.05. The first kappa shape index (κ1) is 34.3. The number of rotatable bonds is 16. The second kappa shape index (κ2) is 16.5. The number of amides is 4. The van der Waals surface area contributed by atoms with Gasteiger partial charge in [-0.1, -0.05) is 44.2 Å². The lowest BCUT2D eigenvalue weighted by Gasteiger charge is -2.27. The quantitative estimate of drug-likeness (QED) is 0.161. The van der Waals surface area contributed by atoms with Gasteiger partial charge in [0, 0.05) is 13.3 Å². The van der Waals surface area contributed by atoms with Gasteiger partial charge in [0.1, 0.15) is 42.3 Å². The number of ketones is 1. The van der Waals surface area contributed by atoms with Gasteiger partial charge in [0.25, 0.3) is 0 Å². The number of phenols is 1. The molecule has 0 heterocycles. The number of aliphatic carboxylic acids is 1. The fourth-order valence-electron chi connectivity index (χ4n) is 3.97. The van der Waals surface area contributed by atoms with E-state index in [0.717, 1.165) is 0 Å². The maximum absolute atomic E-state index is 13.1. The molecule has 0 spiro atoms. The summed E-state index contributed by atoms with van der Waals surface area (Å²) in [5.74, 6) is -4.62. The molecule has 0 radical (unpaired) electrons. The Bertz CT molecular complexity index is 1280. The Labute approximate surface area is 249 Å². The van der Waals surface area contributed by atoms with Crippen LogP contribution in [0.15, 0.2) is 54.6 Å². The standard InChI is InChI=1S/C30H38N4O9/c1-17(2)27(34-29(41)24(32-19(4)35)14-20-10-12-21(36)13-11-20)30(42)31-18(3)28(40)33-23(15-26(38)39)25(37)16-43-22-8-6-5-7-9-22/h5-13,17-18,23-24,27,36H,14-16H2,1-4H3,(H,31,42)(H,32,35)(H,33,40)(H,34,41)(H,38,39)/t18-,23-,24-,27-/m0/s1. The number of aromatic hydroxyl groups is 1. The minimum atomic E-state index is -1.41. The topological polar surface area (TPSA) is 200 Å². The lowest BCUT2D eigenvalue weighted by molar-refractivity contribution is -0.141. The van der Waals surface area contributed by atoms with Gasteiger partial charge in [0.15, 0.2) is 5.78 Å². The number of hydrogen-bond donors (Lipinski definition) is 6. The average Bonchev–Trinajstić information content (AvgIpc) is 2.94. The molecule has 43 heavy (non-hydrogen) atoms. The van der Waals surface area contributed by atoms with E-state index >= 15 is 0 Å². The molecular formula is C30H38N4O9. The van der Waals surface area contributed by atoms with Gasteiger partial charge < -0.3 is 36.2 Å². The van der Waals surface area contributed by atoms with Crippen molar-refractivity contribution >= 4 is 35.4 Å². The lowest BCUT2D eigenvalue weighted by Crippen LogP contribution is -2.58. The molecule has 2 aromatic carbocycles. The summed E-state index contributed by atoms with van der Waals surface area (Å²) in [6.45, 7) is 5.47. The van der Waals surface area contributed by atoms with Gasteiger partial charge in [-0.25, -0.2) is 0 Å². The Kier molecular flexibility index (Phi) is 13.1. The largest absolute Gasteiger partial charge is 0.508 e. The summed E-state index contributed by atoms with van der Waals surface area (Å²) in [6.07, 6.45) is -0.608. The molecule has 0 fully saturated rings. The molecule has 0 saturated heterocycles. The zero-order valence-corrected chi connectivity index (χ0v) is 24.5. The highest BCUT2D eigenvalue weighted by Gasteiger charge is 2.31. The van der Waals surface area contributed by atoms with E-state index in [1.807, 2.05) is 0 Å². The summed E-state index contributed by atoms with van der Waals surface area (Å²) in [5.41, 5.74) is 0.655. The predicted molar refractivity (Wildman–Crippen MR) is 155 cm³/mol. The van der Waals surface area contributed by atoms with Crippen LogP contribution in [0.3, 0.4) is 0 Å². The Morgan fingerprint density at radius 2 is 1.40 bits per heavy atom. The van der Waals surface area contributed by atoms with Crippen LogP contribution in [0.25, 0.3) is 0 Å². The summed E-state index contributed by atoms with van der Waals surface area (Å²) in [7, 11) is 0. The predicted octanol–water partition coefficient (Wildman–Crippen LogP) is 0.693. The van der Waals surface area contributed by atoms with Gasteiger partial charge in [-0.3, -0.25) is 28.8 Å². The van der Waals surface area contributed by atoms with E-state index in [-0.39, 0.29) is 12.2 Å². The summed E-state index contributed by atoms with van der Waals surface area (Å²) >= 11 is 0. The van der Waals surface area contributed by atoms with Crippen LogP contribution in [0, 0.1) is 5.92 Å². The second-order valence-corrected chi connectivity index (χ2v) is 10.3. The maximum Gasteiger partial charge on any atom is 0.305 e. The second-order valence-electron chi connectivity index (χ2n) is 10.3. The van der Waals surface area contributed by atoms with Crippen LogP contribution < -0.4 is 26.0 Å². The first-order valence-corrected chi connectivity index (χ1v) is 13.6. The van der Waals surface area contributed by atoms with Crippen molar-refractivity contribution in [2.45, 2.75) is 64.7 Å². The average molecular weight is 599 g/mol. The van der Waals surface area contributed by atoms with Crippen LogP contribution in [-0.2, 0) is 35.2 Å². The number of para-hydroxylation sites is 1. The van der Waals surface area contributed by atoms with Crippen molar-refractivity contribution < 1.29 is 43.7 Å². The molecule has 4 atom stereocenters. The smallest absolute Gasteiger partial charge is 0.305 e. The van der Waals surface area contributed by atoms with Crippen LogP contribution in [0.5, 0.6) is 11.5 Å². The molecular weight excluding hydrogens is 560 g/mol. The van der Waals surface area contributed by atoms with E-state index in [2.05, 4.69) is 21.3 Å². The number of carboxylic acids is 1. The van der Waals surface area contributed by atoms with Crippen molar-refractivity contribution in [1.29, 1.82) is 0 Å². The number of hydrogen-bond acceptors (Lipinski definition) is 8. The van der Waals surface area contributed by atoms with Gasteiger partial charge >= 0.3 is 5.97 Å². The Morgan fingerprint density at radius 1 is 0.767 bits per heavy atom. The minimum Gasteiger partial charge on any atom is -0.508 e. The van der Waals surface area contributed by atoms with Crippen LogP contribution in [0.4, 0.5) is 0 Å². The molecule has 2 rings (SSSR count). The molecule has 0 aliphatic rings. The van der Waals surface area contributed by atoms with E-state index in [1.165, 1.54) is 26.0 Å². The number of phenolic OH excluding ortho intramolecular Hbond substituents is 1. The van der Waals surface area contributed by atoms with Gasteiger partial charge in [-0.05, 0) is 42.7 Å². The first-order chi connectivity index (χ1) is 20.3. The zero-order chi connectivity index (χ0) is 32.1. The Hall–Kier alpha value is -4.94. The summed E-state index contributed by atoms with van der Waals surface area (Å²) in [5, 5.41) is 28.8. The Morgan fingerprint density at radius 3 is 1.95 bits per heavy atom. The van der Waals surface area contributed by atoms with Gasteiger partial charge in [0.05, 0.1) is 6.42 Å². The first-order valence-electron chi connectivity index (χ1n) is 13.6. The number of nitrogens with one attached hydrogen (secondary N) is 4. The molecule has 232 valence electrons. The molecule has 13 nitrogen and oxygen atoms in total. The monoisotopic (exact) mass is 598 g/mol. The fraction of sp³-hybridized carbons (Fsp3) is 0.400. The van der Waals surface area contributed by atoms with Crippen molar-refractivity contribution in [3.8, 4) is 11.5 Å². The third-order valence-electron chi connectivity index (χ3n) is 6.28. The molecule has 13 heteroatoms. The van der Waals surface area contributed by atoms with Crippen LogP contribution in [0.1, 0.15) is 39.7 Å². The normalized spacial score (nSPS) is 13.5. The number of carbonyl (C=O) groups excluding carboxylic acids is 5. The lowest BCUT2D eigenvalue weighted by atomic mass is 10.0. The molecule has 0 bridgehead atoms. The van der Waals surface area contributed by atoms with Crippen molar-refractivity contribution in [2.75, 3.05) is 6.61 Å². The van der Waals surface area contributed by atoms with Crippen LogP contribution in [0.2, 0.25) is 0 Å². The molecule has 2 aromatic rings. The van der Waals surface area contributed by atoms with Crippen LogP contribution >= 0.6 is 0 Å². The number of benzene rings is 2. The highest BCUT2D eigenvalue weighted by Crippen LogP contribution is 2.13. The number of Topliss-reactive ketones (excluding diaryl/α,β-unsaturated/α-hetero) is 1. The van der Waals surface area contributed by atoms with Crippen molar-refractivity contribution in [2.24, 2.45) is 5.92 Å². The number of carbonyl (C=O) groups is 6. The maximum atomic E-state index is 13.1. The summed E-state index contributed by atoms with van der Waals surface area (Å²) < 4.78 is 5.38. The van der Waals surface area contributed by atoms with E-state index < -0.39 is 78.5 Å². The van der Waals surface area contributed by atoms with Crippen LogP contribution in [-0.4, -0.2) is 76.4 Å². The third kappa shape index (κ3) is 11.8. The van der Waals surface area contributed by atoms with E-state index in [4.69, 9.17) is 4.74 Å². The van der Waals surface area contributed by atoms with Crippen molar-refractivity contribution in [3.05, 3.63) is 60.2 Å². The van der Waals surface area contributed by atoms with Crippen molar-refractivity contribution in [3.63, 3.8) is 0 Å². The minimum absolute atomic E-state index is 0.0399. The fourth-order valence-corrected chi connectivity index (χ4v) is 3.97. The highest BCUT2D eigenvalue weighted by atomic mass is 16.5. The summed E-state index contributed by atoms with van der Waals surface area (Å²) in [4.78, 5) is 74.9. The molecule has 0 aromatic heterocycles. The molecule has 0 unspecified atom stereocenters. The van der Waals surface area contributed by atoms with Crippen molar-refractivity contribution in [1.82, 2.24) is 21.3 Å².